The molecule has 31 heteroatoms. The number of rotatable bonds is 56. The van der Waals surface area contributed by atoms with Crippen LogP contribution in [0.1, 0.15) is 12.8 Å². The van der Waals surface area contributed by atoms with E-state index in [-0.39, 0.29) is 66.1 Å². The average Bonchev–Trinajstić information content (AvgIpc) is 3.66. The van der Waals surface area contributed by atoms with Gasteiger partial charge >= 0.3 is 11.9 Å². The van der Waals surface area contributed by atoms with Gasteiger partial charge in [0.15, 0.2) is 0 Å². The Morgan fingerprint density at radius 2 is 0.296 bits per heavy atom. The molecule has 0 unspecified atom stereocenters. The zero-order chi connectivity index (χ0) is 59.0. The smallest absolute Gasteiger partial charge is 0.313 e. The standard InChI is InChI=1S/C50H72F10O21/c51-39-41(53)45(57)49(46(58)42(39)54)80-37(61)1-3-63-5-7-65-9-11-67-13-15-69-17-19-71-21-23-73-25-27-75-29-31-77-33-35-79-36-34-78-32-30-76-28-26-74-24-22-72-20-18-70-16-14-68-12-10-66-8-6-64-4-2-38(62)81-50-47(59)43(55)40(52)44(56)48(50)60/h1-36H2. The molecule has 0 radical (unpaired) electrons. The van der Waals surface area contributed by atoms with Gasteiger partial charge in [0.25, 0.3) is 0 Å². The summed E-state index contributed by atoms with van der Waals surface area (Å²) in [6.45, 7) is 10.5. The van der Waals surface area contributed by atoms with E-state index in [0.717, 1.165) is 0 Å². The summed E-state index contributed by atoms with van der Waals surface area (Å²) in [6, 6.07) is 0. The van der Waals surface area contributed by atoms with E-state index >= 15 is 0 Å². The van der Waals surface area contributed by atoms with E-state index in [2.05, 4.69) is 9.47 Å². The van der Waals surface area contributed by atoms with Gasteiger partial charge < -0.3 is 90.0 Å². The van der Waals surface area contributed by atoms with E-state index < -0.39 is 94.5 Å². The third-order valence-corrected chi connectivity index (χ3v) is 9.62. The van der Waals surface area contributed by atoms with Crippen molar-refractivity contribution in [1.29, 1.82) is 0 Å². The highest BCUT2D eigenvalue weighted by atomic mass is 19.2. The molecule has 0 saturated heterocycles. The Hall–Kier alpha value is -4.00. The highest BCUT2D eigenvalue weighted by molar-refractivity contribution is 5.73. The molecule has 468 valence electrons. The third kappa shape index (κ3) is 35.7. The summed E-state index contributed by atoms with van der Waals surface area (Å²) < 4.78 is 233. The van der Waals surface area contributed by atoms with E-state index in [1.165, 1.54) is 0 Å². The van der Waals surface area contributed by atoms with Crippen molar-refractivity contribution < 1.29 is 143 Å². The third-order valence-electron chi connectivity index (χ3n) is 9.62. The summed E-state index contributed by atoms with van der Waals surface area (Å²) in [7, 11) is 0. The van der Waals surface area contributed by atoms with Crippen molar-refractivity contribution in [3.05, 3.63) is 58.2 Å². The van der Waals surface area contributed by atoms with Gasteiger partial charge in [-0.3, -0.25) is 9.59 Å². The summed E-state index contributed by atoms with van der Waals surface area (Å²) in [5, 5.41) is 0. The van der Waals surface area contributed by atoms with Crippen LogP contribution in [0.2, 0.25) is 0 Å². The van der Waals surface area contributed by atoms with Gasteiger partial charge in [-0.25, -0.2) is 26.3 Å². The monoisotopic (exact) mass is 1200 g/mol. The molecule has 0 fully saturated rings. The Kier molecular flexibility index (Phi) is 44.6. The molecule has 2 aromatic carbocycles. The van der Waals surface area contributed by atoms with E-state index in [1.54, 1.807) is 0 Å². The van der Waals surface area contributed by atoms with Crippen molar-refractivity contribution in [2.24, 2.45) is 0 Å². The molecule has 0 atom stereocenters. The molecular formula is C50H72F10O21. The van der Waals surface area contributed by atoms with Crippen LogP contribution in [0.3, 0.4) is 0 Å². The first-order valence-electron chi connectivity index (χ1n) is 25.6. The maximum atomic E-state index is 13.6. The molecule has 21 nitrogen and oxygen atoms in total. The molecule has 0 bridgehead atoms. The molecule has 0 heterocycles. The summed E-state index contributed by atoms with van der Waals surface area (Å²) in [5.74, 6) is -28.5. The maximum absolute atomic E-state index is 13.6. The van der Waals surface area contributed by atoms with Crippen LogP contribution >= 0.6 is 0 Å². The Labute approximate surface area is 461 Å². The first kappa shape index (κ1) is 73.1. The molecular weight excluding hydrogens is 1130 g/mol. The van der Waals surface area contributed by atoms with E-state index in [9.17, 15) is 53.5 Å². The summed E-state index contributed by atoms with van der Waals surface area (Å²) in [6.07, 6.45) is -1.01. The van der Waals surface area contributed by atoms with Gasteiger partial charge in [-0.05, 0) is 0 Å². The van der Waals surface area contributed by atoms with Gasteiger partial charge in [0.2, 0.25) is 69.7 Å². The van der Waals surface area contributed by atoms with Crippen LogP contribution in [0.15, 0.2) is 0 Å². The van der Waals surface area contributed by atoms with Crippen molar-refractivity contribution in [3.8, 4) is 11.5 Å². The maximum Gasteiger partial charge on any atom is 0.313 e. The number of benzene rings is 2. The predicted molar refractivity (Wildman–Crippen MR) is 257 cm³/mol. The van der Waals surface area contributed by atoms with Gasteiger partial charge in [-0.15, -0.1) is 0 Å². The first-order chi connectivity index (χ1) is 39.4. The van der Waals surface area contributed by atoms with Crippen molar-refractivity contribution >= 4 is 11.9 Å². The quantitative estimate of drug-likeness (QED) is 0.0220. The summed E-state index contributed by atoms with van der Waals surface area (Å²) >= 11 is 0. The fourth-order valence-electron chi connectivity index (χ4n) is 5.61. The van der Waals surface area contributed by atoms with E-state index in [1.807, 2.05) is 0 Å². The minimum Gasteiger partial charge on any atom is -0.420 e. The molecule has 0 aliphatic heterocycles. The van der Waals surface area contributed by atoms with Crippen LogP contribution in [0.25, 0.3) is 0 Å². The number of ether oxygens (including phenoxy) is 19. The number of hydrogen-bond acceptors (Lipinski definition) is 21. The highest BCUT2D eigenvalue weighted by Crippen LogP contribution is 2.30. The Morgan fingerprint density at radius 1 is 0.185 bits per heavy atom. The molecule has 0 N–H and O–H groups in total. The van der Waals surface area contributed by atoms with Crippen LogP contribution in [0, 0.1) is 58.2 Å². The van der Waals surface area contributed by atoms with Crippen molar-refractivity contribution in [1.82, 2.24) is 0 Å². The van der Waals surface area contributed by atoms with Gasteiger partial charge in [-0.2, -0.15) is 17.6 Å². The normalized spacial score (nSPS) is 11.6. The van der Waals surface area contributed by atoms with Crippen molar-refractivity contribution in [3.63, 3.8) is 0 Å². The summed E-state index contributed by atoms with van der Waals surface area (Å²) in [4.78, 5) is 23.4. The van der Waals surface area contributed by atoms with Crippen LogP contribution in [-0.2, 0) is 90.1 Å². The van der Waals surface area contributed by atoms with Crippen LogP contribution in [-0.4, -0.2) is 237 Å². The second kappa shape index (κ2) is 49.4. The fraction of sp³-hybridized carbons (Fsp3) is 0.720. The van der Waals surface area contributed by atoms with Gasteiger partial charge in [0.1, 0.15) is 0 Å². The number of halogens is 10. The second-order valence-electron chi connectivity index (χ2n) is 15.7. The molecule has 0 amide bonds. The van der Waals surface area contributed by atoms with E-state index in [4.69, 9.17) is 80.5 Å². The fourth-order valence-corrected chi connectivity index (χ4v) is 5.61. The molecule has 0 aromatic heterocycles. The van der Waals surface area contributed by atoms with Crippen molar-refractivity contribution in [2.75, 3.05) is 225 Å². The Bertz CT molecular complexity index is 1760. The molecule has 2 aromatic rings. The van der Waals surface area contributed by atoms with Gasteiger partial charge in [0, 0.05) is 0 Å². The van der Waals surface area contributed by atoms with Crippen LogP contribution in [0.4, 0.5) is 43.9 Å². The lowest BCUT2D eigenvalue weighted by Crippen LogP contribution is -2.16. The molecule has 0 saturated carbocycles. The minimum absolute atomic E-state index is 0.0607. The van der Waals surface area contributed by atoms with Crippen molar-refractivity contribution in [2.45, 2.75) is 12.8 Å². The molecule has 81 heavy (non-hydrogen) atoms. The Morgan fingerprint density at radius 3 is 0.432 bits per heavy atom. The first-order valence-corrected chi connectivity index (χ1v) is 25.6. The number of hydrogen-bond donors (Lipinski definition) is 0. The minimum atomic E-state index is -2.36. The SMILES string of the molecule is O=C(CCOCCOCCOCCOCCOCCOCCOCCOCCOCCOCCOCCOCCOCCOCCOCCOCCOCCC(=O)Oc1c(F)c(F)c(F)c(F)c1F)Oc1c(F)c(F)c(F)c(F)c1F. The zero-order valence-electron chi connectivity index (χ0n) is 44.8. The van der Waals surface area contributed by atoms with Crippen LogP contribution in [0.5, 0.6) is 11.5 Å². The molecule has 0 spiro atoms. The van der Waals surface area contributed by atoms with Gasteiger partial charge in [-0.1, -0.05) is 0 Å². The lowest BCUT2D eigenvalue weighted by Gasteiger charge is -2.09. The zero-order valence-corrected chi connectivity index (χ0v) is 44.8. The lowest BCUT2D eigenvalue weighted by molar-refractivity contribution is -0.137. The van der Waals surface area contributed by atoms with Crippen LogP contribution < -0.4 is 9.47 Å². The topological polar surface area (TPSA) is 210 Å². The predicted octanol–water partition coefficient (Wildman–Crippen LogP) is 4.65. The van der Waals surface area contributed by atoms with E-state index in [0.29, 0.717) is 159 Å². The highest BCUT2D eigenvalue weighted by Gasteiger charge is 2.30. The van der Waals surface area contributed by atoms with Gasteiger partial charge in [0.05, 0.1) is 237 Å². The average molecular weight is 1200 g/mol. The largest absolute Gasteiger partial charge is 0.420 e. The lowest BCUT2D eigenvalue weighted by atomic mass is 10.2. The Balaban J connectivity index is 1.15. The number of carbonyl (C=O) groups is 2. The number of carbonyl (C=O) groups excluding carboxylic acids is 2. The number of esters is 2. The second-order valence-corrected chi connectivity index (χ2v) is 15.7. The molecule has 2 rings (SSSR count). The molecule has 0 aliphatic rings. The molecule has 0 aliphatic carbocycles. The summed E-state index contributed by atoms with van der Waals surface area (Å²) in [5.41, 5.74) is 0.